The van der Waals surface area contributed by atoms with Crippen molar-refractivity contribution in [2.24, 2.45) is 5.41 Å². The van der Waals surface area contributed by atoms with E-state index in [4.69, 9.17) is 9.72 Å². The molecule has 0 aliphatic carbocycles. The van der Waals surface area contributed by atoms with Crippen molar-refractivity contribution >= 4 is 22.9 Å². The van der Waals surface area contributed by atoms with Crippen LogP contribution in [0.25, 0.3) is 11.0 Å². The Bertz CT molecular complexity index is 821. The van der Waals surface area contributed by atoms with Crippen LogP contribution >= 0.6 is 0 Å². The Morgan fingerprint density at radius 1 is 1.22 bits per heavy atom. The third-order valence-corrected chi connectivity index (χ3v) is 5.98. The van der Waals surface area contributed by atoms with Gasteiger partial charge >= 0.3 is 0 Å². The fraction of sp³-hybridized carbons (Fsp3) is 0.600. The summed E-state index contributed by atoms with van der Waals surface area (Å²) in [5.41, 5.74) is 1.64. The van der Waals surface area contributed by atoms with Crippen LogP contribution in [-0.4, -0.2) is 72.0 Å². The number of amides is 1. The molecule has 2 aliphatic heterocycles. The molecule has 2 aliphatic rings. The number of benzene rings is 1. The number of methoxy groups -OCH3 is 1. The first-order valence-corrected chi connectivity index (χ1v) is 9.78. The quantitative estimate of drug-likeness (QED) is 0.832. The zero-order valence-electron chi connectivity index (χ0n) is 15.9. The highest BCUT2D eigenvalue weighted by Crippen LogP contribution is 2.41. The fourth-order valence-electron chi connectivity index (χ4n) is 4.61. The van der Waals surface area contributed by atoms with Gasteiger partial charge in [-0.25, -0.2) is 4.98 Å². The molecule has 7 heteroatoms. The van der Waals surface area contributed by atoms with E-state index in [0.29, 0.717) is 26.2 Å². The summed E-state index contributed by atoms with van der Waals surface area (Å²) in [7, 11) is 1.67. The van der Waals surface area contributed by atoms with Crippen LogP contribution in [0.2, 0.25) is 0 Å². The Morgan fingerprint density at radius 2 is 2.07 bits per heavy atom. The number of carbonyl (C=O) groups excluding carboxylic acids is 1. The zero-order chi connectivity index (χ0) is 18.9. The van der Waals surface area contributed by atoms with Crippen LogP contribution in [0.1, 0.15) is 19.3 Å². The summed E-state index contributed by atoms with van der Waals surface area (Å²) in [6, 6.07) is 8.00. The van der Waals surface area contributed by atoms with Crippen molar-refractivity contribution in [3.8, 4) is 0 Å². The lowest BCUT2D eigenvalue weighted by atomic mass is 9.78. The number of nitrogens with zero attached hydrogens (tertiary/aromatic N) is 4. The van der Waals surface area contributed by atoms with Crippen LogP contribution in [0.15, 0.2) is 24.3 Å². The smallest absolute Gasteiger partial charge is 0.230 e. The minimum atomic E-state index is -0.311. The van der Waals surface area contributed by atoms with E-state index in [-0.39, 0.29) is 17.9 Å². The van der Waals surface area contributed by atoms with Crippen molar-refractivity contribution in [3.05, 3.63) is 24.3 Å². The standard InChI is InChI=1S/C20H28N4O3/c1-27-14-12-22-9-4-7-20(18(22)26)8-10-23(15-20)19-21-16-5-2-3-6-17(16)24(19)11-13-25/h2-3,5-6,25H,4,7-15H2,1H3/t20-/m0/s1. The number of para-hydroxylation sites is 2. The maximum Gasteiger partial charge on any atom is 0.230 e. The number of hydrogen-bond acceptors (Lipinski definition) is 5. The lowest BCUT2D eigenvalue weighted by Gasteiger charge is -2.39. The molecule has 0 saturated carbocycles. The van der Waals surface area contributed by atoms with Gasteiger partial charge in [0.2, 0.25) is 11.9 Å². The Hall–Kier alpha value is -2.12. The monoisotopic (exact) mass is 372 g/mol. The van der Waals surface area contributed by atoms with E-state index < -0.39 is 0 Å². The van der Waals surface area contributed by atoms with E-state index in [9.17, 15) is 9.90 Å². The van der Waals surface area contributed by atoms with Gasteiger partial charge in [-0.05, 0) is 31.4 Å². The Kier molecular flexibility index (Phi) is 5.06. The topological polar surface area (TPSA) is 70.8 Å². The molecule has 1 N–H and O–H groups in total. The number of imidazole rings is 1. The Balaban J connectivity index is 1.60. The van der Waals surface area contributed by atoms with Gasteiger partial charge in [0, 0.05) is 39.8 Å². The minimum absolute atomic E-state index is 0.0655. The van der Waals surface area contributed by atoms with Gasteiger partial charge in [-0.15, -0.1) is 0 Å². The van der Waals surface area contributed by atoms with E-state index in [0.717, 1.165) is 49.3 Å². The summed E-state index contributed by atoms with van der Waals surface area (Å²) in [6.45, 7) is 4.16. The Labute approximate surface area is 159 Å². The van der Waals surface area contributed by atoms with Crippen molar-refractivity contribution in [2.45, 2.75) is 25.8 Å². The minimum Gasteiger partial charge on any atom is -0.395 e. The number of aromatic nitrogens is 2. The number of aliphatic hydroxyl groups excluding tert-OH is 1. The van der Waals surface area contributed by atoms with Gasteiger partial charge < -0.3 is 24.2 Å². The van der Waals surface area contributed by atoms with Crippen LogP contribution < -0.4 is 4.90 Å². The van der Waals surface area contributed by atoms with Crippen LogP contribution in [-0.2, 0) is 16.1 Å². The molecule has 27 heavy (non-hydrogen) atoms. The van der Waals surface area contributed by atoms with Gasteiger partial charge in [-0.1, -0.05) is 12.1 Å². The van der Waals surface area contributed by atoms with Gasteiger partial charge in [0.05, 0.1) is 29.7 Å². The molecule has 1 amide bonds. The van der Waals surface area contributed by atoms with Crippen molar-refractivity contribution in [1.82, 2.24) is 14.5 Å². The molecule has 2 fully saturated rings. The first-order chi connectivity index (χ1) is 13.2. The molecular formula is C20H28N4O3. The van der Waals surface area contributed by atoms with Crippen LogP contribution in [0.5, 0.6) is 0 Å². The fourth-order valence-corrected chi connectivity index (χ4v) is 4.61. The van der Waals surface area contributed by atoms with Gasteiger partial charge in [0.1, 0.15) is 0 Å². The van der Waals surface area contributed by atoms with Crippen molar-refractivity contribution in [3.63, 3.8) is 0 Å². The number of ether oxygens (including phenoxy) is 1. The normalized spacial score (nSPS) is 23.1. The maximum atomic E-state index is 13.2. The van der Waals surface area contributed by atoms with Crippen LogP contribution in [0.3, 0.4) is 0 Å². The second-order valence-corrected chi connectivity index (χ2v) is 7.62. The number of aliphatic hydroxyl groups is 1. The molecule has 1 atom stereocenters. The first-order valence-electron chi connectivity index (χ1n) is 9.78. The van der Waals surface area contributed by atoms with Gasteiger partial charge in [-0.3, -0.25) is 4.79 Å². The second-order valence-electron chi connectivity index (χ2n) is 7.62. The van der Waals surface area contributed by atoms with E-state index >= 15 is 0 Å². The SMILES string of the molecule is COCCN1CCC[C@@]2(CCN(c3nc4ccccc4n3CCO)C2)C1=O. The highest BCUT2D eigenvalue weighted by atomic mass is 16.5. The average Bonchev–Trinajstić information content (AvgIpc) is 3.26. The number of piperidine rings is 1. The van der Waals surface area contributed by atoms with E-state index in [1.165, 1.54) is 0 Å². The maximum absolute atomic E-state index is 13.2. The zero-order valence-corrected chi connectivity index (χ0v) is 15.9. The van der Waals surface area contributed by atoms with Gasteiger partial charge in [0.25, 0.3) is 0 Å². The number of hydrogen-bond donors (Lipinski definition) is 1. The second kappa shape index (κ2) is 7.48. The molecule has 2 saturated heterocycles. The molecule has 1 aromatic carbocycles. The number of fused-ring (bicyclic) bond motifs is 1. The molecule has 146 valence electrons. The largest absolute Gasteiger partial charge is 0.395 e. The molecular weight excluding hydrogens is 344 g/mol. The van der Waals surface area contributed by atoms with Crippen molar-refractivity contribution in [1.29, 1.82) is 0 Å². The third kappa shape index (κ3) is 3.19. The predicted octanol–water partition coefficient (Wildman–Crippen LogP) is 1.49. The molecule has 2 aromatic rings. The van der Waals surface area contributed by atoms with Gasteiger partial charge in [-0.2, -0.15) is 0 Å². The number of rotatable bonds is 6. The molecule has 1 spiro atoms. The molecule has 0 bridgehead atoms. The lowest BCUT2D eigenvalue weighted by molar-refractivity contribution is -0.145. The number of anilines is 1. The summed E-state index contributed by atoms with van der Waals surface area (Å²) >= 11 is 0. The van der Waals surface area contributed by atoms with Crippen LogP contribution in [0.4, 0.5) is 5.95 Å². The highest BCUT2D eigenvalue weighted by Gasteiger charge is 2.49. The van der Waals surface area contributed by atoms with Crippen LogP contribution in [0, 0.1) is 5.41 Å². The lowest BCUT2D eigenvalue weighted by Crippen LogP contribution is -2.51. The third-order valence-electron chi connectivity index (χ3n) is 5.98. The summed E-state index contributed by atoms with van der Waals surface area (Å²) in [5.74, 6) is 1.13. The molecule has 1 aromatic heterocycles. The summed E-state index contributed by atoms with van der Waals surface area (Å²) in [5, 5.41) is 9.53. The average molecular weight is 372 g/mol. The van der Waals surface area contributed by atoms with Gasteiger partial charge in [0.15, 0.2) is 0 Å². The Morgan fingerprint density at radius 3 is 2.89 bits per heavy atom. The van der Waals surface area contributed by atoms with E-state index in [2.05, 4.69) is 9.47 Å². The number of carbonyl (C=O) groups is 1. The predicted molar refractivity (Wildman–Crippen MR) is 104 cm³/mol. The number of likely N-dealkylation sites (tertiary alicyclic amines) is 1. The van der Waals surface area contributed by atoms with Crippen molar-refractivity contribution < 1.29 is 14.6 Å². The van der Waals surface area contributed by atoms with Crippen molar-refractivity contribution in [2.75, 3.05) is 51.4 Å². The summed E-state index contributed by atoms with van der Waals surface area (Å²) in [4.78, 5) is 22.2. The summed E-state index contributed by atoms with van der Waals surface area (Å²) < 4.78 is 7.24. The molecule has 4 rings (SSSR count). The summed E-state index contributed by atoms with van der Waals surface area (Å²) in [6.07, 6.45) is 2.83. The molecule has 3 heterocycles. The van der Waals surface area contributed by atoms with E-state index in [1.807, 2.05) is 29.2 Å². The molecule has 7 nitrogen and oxygen atoms in total. The first kappa shape index (κ1) is 18.3. The van der Waals surface area contributed by atoms with E-state index in [1.54, 1.807) is 7.11 Å². The molecule has 0 unspecified atom stereocenters. The molecule has 0 radical (unpaired) electrons. The highest BCUT2D eigenvalue weighted by molar-refractivity contribution is 5.85.